The second-order valence-corrected chi connectivity index (χ2v) is 8.41. The third-order valence-corrected chi connectivity index (χ3v) is 6.48. The van der Waals surface area contributed by atoms with Crippen molar-refractivity contribution < 1.29 is 4.79 Å². The summed E-state index contributed by atoms with van der Waals surface area (Å²) in [6, 6.07) is 11.5. The number of fused-ring (bicyclic) bond motifs is 1. The third kappa shape index (κ3) is 3.77. The molecule has 4 nitrogen and oxygen atoms in total. The maximum atomic E-state index is 12.8. The number of anilines is 1. The van der Waals surface area contributed by atoms with E-state index in [-0.39, 0.29) is 5.91 Å². The summed E-state index contributed by atoms with van der Waals surface area (Å²) in [7, 11) is 0. The summed E-state index contributed by atoms with van der Waals surface area (Å²) in [5, 5.41) is 1.95. The van der Waals surface area contributed by atoms with Crippen LogP contribution in [0.15, 0.2) is 36.4 Å². The van der Waals surface area contributed by atoms with Gasteiger partial charge < -0.3 is 9.80 Å². The van der Waals surface area contributed by atoms with Crippen LogP contribution in [-0.4, -0.2) is 42.0 Å². The second-order valence-electron chi connectivity index (χ2n) is 6.56. The summed E-state index contributed by atoms with van der Waals surface area (Å²) in [4.78, 5) is 21.6. The summed E-state index contributed by atoms with van der Waals surface area (Å²) < 4.78 is 1.22. The summed E-state index contributed by atoms with van der Waals surface area (Å²) in [6.45, 7) is 4.98. The van der Waals surface area contributed by atoms with E-state index in [1.165, 1.54) is 10.3 Å². The maximum Gasteiger partial charge on any atom is 0.255 e. The van der Waals surface area contributed by atoms with Gasteiger partial charge in [0, 0.05) is 31.2 Å². The highest BCUT2D eigenvalue weighted by Crippen LogP contribution is 2.30. The Bertz CT molecular complexity index is 996. The standard InChI is InChI=1S/C20H19Cl2N3OS/c1-2-13-3-6-17-18(11-13)27-20(23-17)25-9-7-24(8-10-25)19(26)15-5-4-14(21)12-16(15)22/h3-6,11-12H,2,7-10H2,1H3. The molecule has 0 bridgehead atoms. The van der Waals surface area contributed by atoms with Gasteiger partial charge in [-0.25, -0.2) is 4.98 Å². The number of halogens is 2. The molecule has 0 atom stereocenters. The van der Waals surface area contributed by atoms with Gasteiger partial charge in [0.2, 0.25) is 0 Å². The predicted molar refractivity (Wildman–Crippen MR) is 114 cm³/mol. The zero-order valence-corrected chi connectivity index (χ0v) is 17.2. The second kappa shape index (κ2) is 7.66. The Labute approximate surface area is 172 Å². The lowest BCUT2D eigenvalue weighted by molar-refractivity contribution is 0.0747. The molecule has 0 unspecified atom stereocenters. The molecule has 1 saturated heterocycles. The fourth-order valence-corrected chi connectivity index (χ4v) is 4.82. The summed E-state index contributed by atoms with van der Waals surface area (Å²) >= 11 is 13.8. The fraction of sp³-hybridized carbons (Fsp3) is 0.300. The van der Waals surface area contributed by atoms with Crippen molar-refractivity contribution in [3.63, 3.8) is 0 Å². The van der Waals surface area contributed by atoms with Gasteiger partial charge in [-0.1, -0.05) is 47.5 Å². The number of amides is 1. The van der Waals surface area contributed by atoms with Gasteiger partial charge >= 0.3 is 0 Å². The van der Waals surface area contributed by atoms with Crippen LogP contribution in [0.4, 0.5) is 5.13 Å². The van der Waals surface area contributed by atoms with Gasteiger partial charge in [-0.2, -0.15) is 0 Å². The molecule has 1 amide bonds. The van der Waals surface area contributed by atoms with Crippen LogP contribution in [0.2, 0.25) is 10.0 Å². The van der Waals surface area contributed by atoms with Crippen molar-refractivity contribution >= 4 is 55.8 Å². The zero-order chi connectivity index (χ0) is 19.0. The third-order valence-electron chi connectivity index (χ3n) is 4.85. The first-order valence-electron chi connectivity index (χ1n) is 8.94. The molecule has 3 aromatic rings. The van der Waals surface area contributed by atoms with E-state index in [1.54, 1.807) is 29.5 Å². The Morgan fingerprint density at radius 2 is 1.89 bits per heavy atom. The molecular formula is C20H19Cl2N3OS. The van der Waals surface area contributed by atoms with Crippen molar-refractivity contribution in [2.75, 3.05) is 31.1 Å². The summed E-state index contributed by atoms with van der Waals surface area (Å²) in [5.74, 6) is -0.0480. The van der Waals surface area contributed by atoms with Crippen molar-refractivity contribution in [1.29, 1.82) is 0 Å². The fourth-order valence-electron chi connectivity index (χ4n) is 3.25. The number of aromatic nitrogens is 1. The van der Waals surface area contributed by atoms with Crippen LogP contribution in [0.5, 0.6) is 0 Å². The smallest absolute Gasteiger partial charge is 0.255 e. The van der Waals surface area contributed by atoms with Crippen LogP contribution < -0.4 is 4.90 Å². The Morgan fingerprint density at radius 3 is 2.59 bits per heavy atom. The van der Waals surface area contributed by atoms with E-state index in [1.807, 2.05) is 4.90 Å². The van der Waals surface area contributed by atoms with Gasteiger partial charge in [0.1, 0.15) is 0 Å². The average Bonchev–Trinajstić information content (AvgIpc) is 3.11. The summed E-state index contributed by atoms with van der Waals surface area (Å²) in [5.41, 5.74) is 2.87. The minimum absolute atomic E-state index is 0.0480. The molecule has 1 aliphatic rings. The van der Waals surface area contributed by atoms with Crippen LogP contribution in [0.3, 0.4) is 0 Å². The van der Waals surface area contributed by atoms with Crippen LogP contribution in [0.1, 0.15) is 22.8 Å². The number of aryl methyl sites for hydroxylation is 1. The number of carbonyl (C=O) groups excluding carboxylic acids is 1. The lowest BCUT2D eigenvalue weighted by atomic mass is 10.2. The minimum Gasteiger partial charge on any atom is -0.345 e. The number of carbonyl (C=O) groups is 1. The average molecular weight is 420 g/mol. The van der Waals surface area contributed by atoms with Gasteiger partial charge in [-0.15, -0.1) is 0 Å². The van der Waals surface area contributed by atoms with E-state index in [4.69, 9.17) is 28.2 Å². The highest BCUT2D eigenvalue weighted by molar-refractivity contribution is 7.22. The van der Waals surface area contributed by atoms with Gasteiger partial charge in [-0.3, -0.25) is 4.79 Å². The summed E-state index contributed by atoms with van der Waals surface area (Å²) in [6.07, 6.45) is 1.03. The Morgan fingerprint density at radius 1 is 1.11 bits per heavy atom. The van der Waals surface area contributed by atoms with Crippen molar-refractivity contribution in [2.45, 2.75) is 13.3 Å². The van der Waals surface area contributed by atoms with E-state index in [9.17, 15) is 4.79 Å². The Balaban J connectivity index is 1.46. The first-order chi connectivity index (χ1) is 13.0. The van der Waals surface area contributed by atoms with Crippen molar-refractivity contribution in [1.82, 2.24) is 9.88 Å². The largest absolute Gasteiger partial charge is 0.345 e. The van der Waals surface area contributed by atoms with Crippen molar-refractivity contribution in [3.8, 4) is 0 Å². The molecule has 1 aliphatic heterocycles. The van der Waals surface area contributed by atoms with Crippen LogP contribution in [0.25, 0.3) is 10.2 Å². The molecule has 140 valence electrons. The number of nitrogens with zero attached hydrogens (tertiary/aromatic N) is 3. The van der Waals surface area contributed by atoms with E-state index in [2.05, 4.69) is 30.0 Å². The molecule has 4 rings (SSSR count). The molecular weight excluding hydrogens is 401 g/mol. The van der Waals surface area contributed by atoms with Gasteiger partial charge in [0.25, 0.3) is 5.91 Å². The Kier molecular flexibility index (Phi) is 5.26. The molecule has 27 heavy (non-hydrogen) atoms. The van der Waals surface area contributed by atoms with E-state index in [0.717, 1.165) is 30.2 Å². The normalized spacial score (nSPS) is 14.8. The molecule has 1 fully saturated rings. The lowest BCUT2D eigenvalue weighted by Gasteiger charge is -2.34. The van der Waals surface area contributed by atoms with Crippen molar-refractivity contribution in [3.05, 3.63) is 57.6 Å². The number of benzene rings is 2. The predicted octanol–water partition coefficient (Wildman–Crippen LogP) is 5.13. The maximum absolute atomic E-state index is 12.8. The number of hydrogen-bond donors (Lipinski definition) is 0. The van der Waals surface area contributed by atoms with E-state index < -0.39 is 0 Å². The topological polar surface area (TPSA) is 36.4 Å². The number of thiazole rings is 1. The number of hydrogen-bond acceptors (Lipinski definition) is 4. The molecule has 2 aromatic carbocycles. The molecule has 0 saturated carbocycles. The van der Waals surface area contributed by atoms with Gasteiger partial charge in [0.15, 0.2) is 5.13 Å². The first-order valence-corrected chi connectivity index (χ1v) is 10.5. The van der Waals surface area contributed by atoms with Gasteiger partial charge in [0.05, 0.1) is 20.8 Å². The molecule has 0 spiro atoms. The monoisotopic (exact) mass is 419 g/mol. The van der Waals surface area contributed by atoms with E-state index in [0.29, 0.717) is 28.7 Å². The highest BCUT2D eigenvalue weighted by Gasteiger charge is 2.25. The molecule has 0 aliphatic carbocycles. The van der Waals surface area contributed by atoms with E-state index >= 15 is 0 Å². The first kappa shape index (κ1) is 18.5. The quantitative estimate of drug-likeness (QED) is 0.590. The molecule has 7 heteroatoms. The number of rotatable bonds is 3. The molecule has 1 aromatic heterocycles. The molecule has 0 N–H and O–H groups in total. The van der Waals surface area contributed by atoms with Crippen molar-refractivity contribution in [2.24, 2.45) is 0 Å². The van der Waals surface area contributed by atoms with Crippen LogP contribution in [-0.2, 0) is 6.42 Å². The Hall–Kier alpha value is -1.82. The number of piperazine rings is 1. The molecule has 0 radical (unpaired) electrons. The zero-order valence-electron chi connectivity index (χ0n) is 14.9. The van der Waals surface area contributed by atoms with Crippen LogP contribution in [0, 0.1) is 0 Å². The van der Waals surface area contributed by atoms with Gasteiger partial charge in [-0.05, 0) is 42.3 Å². The lowest BCUT2D eigenvalue weighted by Crippen LogP contribution is -2.48. The van der Waals surface area contributed by atoms with Crippen LogP contribution >= 0.6 is 34.5 Å². The minimum atomic E-state index is -0.0480. The molecule has 2 heterocycles. The SMILES string of the molecule is CCc1ccc2nc(N3CCN(C(=O)c4ccc(Cl)cc4Cl)CC3)sc2c1. The highest BCUT2D eigenvalue weighted by atomic mass is 35.5.